The van der Waals surface area contributed by atoms with Crippen LogP contribution < -0.4 is 9.26 Å². The van der Waals surface area contributed by atoms with Crippen LogP contribution in [0.15, 0.2) is 0 Å². The average Bonchev–Trinajstić information content (AvgIpc) is 1.64. The molecule has 3 heteroatoms. The minimum atomic E-state index is -0.172. The summed E-state index contributed by atoms with van der Waals surface area (Å²) in [6.45, 7) is 8.19. The highest BCUT2D eigenvalue weighted by atomic mass is 127. The van der Waals surface area contributed by atoms with Gasteiger partial charge in [-0.2, -0.15) is 0 Å². The zero-order valence-electron chi connectivity index (χ0n) is 6.46. The van der Waals surface area contributed by atoms with Gasteiger partial charge in [0.1, 0.15) is 0 Å². The molecule has 0 spiro atoms. The van der Waals surface area contributed by atoms with Gasteiger partial charge in [-0.25, -0.2) is 0 Å². The fourth-order valence-corrected chi connectivity index (χ4v) is 0.817. The monoisotopic (exact) mass is 242 g/mol. The van der Waals surface area contributed by atoms with Gasteiger partial charge in [-0.15, -0.1) is 0 Å². The van der Waals surface area contributed by atoms with Crippen molar-refractivity contribution in [2.75, 3.05) is 0 Å². The van der Waals surface area contributed by atoms with Crippen molar-refractivity contribution in [1.29, 1.82) is 0 Å². The number of nitrogens with two attached hydrogens (primary N) is 1. The second-order valence-electron chi connectivity index (χ2n) is 3.44. The first kappa shape index (κ1) is 9.65. The third-order valence-corrected chi connectivity index (χ3v) is 3.20. The molecule has 56 valence electrons. The Morgan fingerprint density at radius 1 is 1.22 bits per heavy atom. The molecule has 0 atom stereocenters. The summed E-state index contributed by atoms with van der Waals surface area (Å²) < 4.78 is 3.13. The summed E-state index contributed by atoms with van der Waals surface area (Å²) in [7, 11) is 0. The van der Waals surface area contributed by atoms with E-state index in [-0.39, 0.29) is 11.1 Å². The zero-order chi connectivity index (χ0) is 7.71. The molecule has 0 aliphatic carbocycles. The van der Waals surface area contributed by atoms with E-state index in [9.17, 15) is 0 Å². The molecular formula is C6H15IN2. The molecule has 0 rings (SSSR count). The van der Waals surface area contributed by atoms with E-state index in [0.29, 0.717) is 0 Å². The Bertz CT molecular complexity index is 93.7. The molecule has 0 saturated carbocycles. The molecule has 3 N–H and O–H groups in total. The van der Waals surface area contributed by atoms with E-state index in [1.807, 2.05) is 13.8 Å². The van der Waals surface area contributed by atoms with Gasteiger partial charge in [-0.1, -0.05) is 0 Å². The van der Waals surface area contributed by atoms with E-state index < -0.39 is 0 Å². The quantitative estimate of drug-likeness (QED) is 0.568. The molecular weight excluding hydrogens is 227 g/mol. The van der Waals surface area contributed by atoms with Gasteiger partial charge in [0.05, 0.1) is 0 Å². The maximum Gasteiger partial charge on any atom is 0.0392 e. The van der Waals surface area contributed by atoms with Gasteiger partial charge >= 0.3 is 0 Å². The molecule has 0 unspecified atom stereocenters. The van der Waals surface area contributed by atoms with E-state index in [2.05, 4.69) is 40.2 Å². The molecule has 0 aromatic rings. The minimum Gasteiger partial charge on any atom is -0.324 e. The van der Waals surface area contributed by atoms with Gasteiger partial charge in [-0.3, -0.25) is 3.53 Å². The average molecular weight is 242 g/mol. The first-order chi connectivity index (χ1) is 3.81. The van der Waals surface area contributed by atoms with Gasteiger partial charge < -0.3 is 5.73 Å². The summed E-state index contributed by atoms with van der Waals surface area (Å²) in [6, 6.07) is 0. The van der Waals surface area contributed by atoms with Crippen LogP contribution in [0.3, 0.4) is 0 Å². The Morgan fingerprint density at radius 3 is 1.56 bits per heavy atom. The number of hydrogen-bond acceptors (Lipinski definition) is 2. The fraction of sp³-hybridized carbons (Fsp3) is 1.00. The normalized spacial score (nSPS) is 14.0. The Hall–Kier alpha value is 0.650. The molecule has 0 aromatic heterocycles. The number of nitrogens with one attached hydrogen (secondary N) is 1. The van der Waals surface area contributed by atoms with E-state index in [0.717, 1.165) is 0 Å². The van der Waals surface area contributed by atoms with Crippen LogP contribution in [0, 0.1) is 0 Å². The van der Waals surface area contributed by atoms with Crippen molar-refractivity contribution in [3.63, 3.8) is 0 Å². The molecule has 9 heavy (non-hydrogen) atoms. The van der Waals surface area contributed by atoms with Crippen LogP contribution in [-0.4, -0.2) is 11.1 Å². The van der Waals surface area contributed by atoms with E-state index in [1.54, 1.807) is 0 Å². The molecule has 0 radical (unpaired) electrons. The highest BCUT2D eigenvalue weighted by Crippen LogP contribution is 2.18. The summed E-state index contributed by atoms with van der Waals surface area (Å²) in [4.78, 5) is 0. The predicted molar refractivity (Wildman–Crippen MR) is 49.5 cm³/mol. The molecule has 0 saturated heterocycles. The zero-order valence-corrected chi connectivity index (χ0v) is 8.61. The van der Waals surface area contributed by atoms with Gasteiger partial charge in [0.2, 0.25) is 0 Å². The van der Waals surface area contributed by atoms with Crippen LogP contribution in [0.5, 0.6) is 0 Å². The van der Waals surface area contributed by atoms with Crippen molar-refractivity contribution in [3.05, 3.63) is 0 Å². The van der Waals surface area contributed by atoms with E-state index in [1.165, 1.54) is 0 Å². The summed E-state index contributed by atoms with van der Waals surface area (Å²) in [6.07, 6.45) is 0. The van der Waals surface area contributed by atoms with Crippen molar-refractivity contribution in [3.8, 4) is 0 Å². The van der Waals surface area contributed by atoms with Crippen molar-refractivity contribution < 1.29 is 0 Å². The van der Waals surface area contributed by atoms with E-state index in [4.69, 9.17) is 5.73 Å². The van der Waals surface area contributed by atoms with Gasteiger partial charge in [0.25, 0.3) is 0 Å². The maximum absolute atomic E-state index is 5.86. The van der Waals surface area contributed by atoms with Gasteiger partial charge in [0, 0.05) is 33.9 Å². The topological polar surface area (TPSA) is 38.0 Å². The fourth-order valence-electron chi connectivity index (χ4n) is 0.122. The molecule has 0 amide bonds. The molecule has 0 bridgehead atoms. The number of rotatable bonds is 2. The minimum absolute atomic E-state index is 0.00639. The first-order valence-electron chi connectivity index (χ1n) is 2.98. The van der Waals surface area contributed by atoms with Crippen molar-refractivity contribution in [2.45, 2.75) is 38.8 Å². The smallest absolute Gasteiger partial charge is 0.0392 e. The third kappa shape index (κ3) is 2.39. The Balaban J connectivity index is 4.14. The summed E-state index contributed by atoms with van der Waals surface area (Å²) in [5, 5.41) is 0. The number of halogens is 1. The molecule has 0 heterocycles. The third-order valence-electron chi connectivity index (χ3n) is 1.85. The van der Waals surface area contributed by atoms with Crippen LogP contribution >= 0.6 is 22.9 Å². The van der Waals surface area contributed by atoms with Crippen LogP contribution in [0.4, 0.5) is 0 Å². The highest BCUT2D eigenvalue weighted by Gasteiger charge is 2.31. The Labute approximate surface area is 71.1 Å². The Kier molecular flexibility index (Phi) is 2.91. The van der Waals surface area contributed by atoms with Crippen LogP contribution in [0.25, 0.3) is 0 Å². The molecule has 2 nitrogen and oxygen atoms in total. The van der Waals surface area contributed by atoms with Gasteiger partial charge in [-0.05, 0) is 27.7 Å². The van der Waals surface area contributed by atoms with Crippen LogP contribution in [0.2, 0.25) is 0 Å². The maximum atomic E-state index is 5.86. The van der Waals surface area contributed by atoms with Crippen LogP contribution in [-0.2, 0) is 0 Å². The predicted octanol–water partition coefficient (Wildman–Crippen LogP) is 1.44. The van der Waals surface area contributed by atoms with E-state index >= 15 is 0 Å². The lowest BCUT2D eigenvalue weighted by molar-refractivity contribution is 0.296. The lowest BCUT2D eigenvalue weighted by Crippen LogP contribution is -2.58. The standard InChI is InChI=1S/C6H15IN2/c1-5(2,8)6(3,4)9-7/h9H,8H2,1-4H3. The van der Waals surface area contributed by atoms with Gasteiger partial charge in [0.15, 0.2) is 0 Å². The second-order valence-corrected chi connectivity index (χ2v) is 3.98. The summed E-state index contributed by atoms with van der Waals surface area (Å²) in [5.41, 5.74) is 5.68. The highest BCUT2D eigenvalue weighted by molar-refractivity contribution is 14.1. The molecule has 0 aromatic carbocycles. The Morgan fingerprint density at radius 2 is 1.56 bits per heavy atom. The van der Waals surface area contributed by atoms with Crippen molar-refractivity contribution in [1.82, 2.24) is 3.53 Å². The van der Waals surface area contributed by atoms with Crippen molar-refractivity contribution in [2.24, 2.45) is 5.73 Å². The second kappa shape index (κ2) is 2.72. The molecule has 0 aliphatic heterocycles. The molecule has 0 fully saturated rings. The lowest BCUT2D eigenvalue weighted by Gasteiger charge is -2.37. The largest absolute Gasteiger partial charge is 0.324 e. The molecule has 0 aliphatic rings. The first-order valence-corrected chi connectivity index (χ1v) is 4.06. The summed E-state index contributed by atoms with van der Waals surface area (Å²) >= 11 is 2.13. The number of hydrogen-bond donors (Lipinski definition) is 2. The summed E-state index contributed by atoms with van der Waals surface area (Å²) in [5.74, 6) is 0. The van der Waals surface area contributed by atoms with Crippen molar-refractivity contribution >= 4 is 22.9 Å². The lowest BCUT2D eigenvalue weighted by atomic mass is 9.85. The SMILES string of the molecule is CC(C)(N)C(C)(C)NI. The van der Waals surface area contributed by atoms with Crippen LogP contribution in [0.1, 0.15) is 27.7 Å².